The van der Waals surface area contributed by atoms with E-state index in [-0.39, 0.29) is 37.1 Å². The number of methoxy groups -OCH3 is 1. The van der Waals surface area contributed by atoms with Gasteiger partial charge in [0.15, 0.2) is 6.29 Å². The van der Waals surface area contributed by atoms with Crippen LogP contribution in [-0.4, -0.2) is 130 Å². The first kappa shape index (κ1) is 48.0. The monoisotopic (exact) mass is 806 g/mol. The minimum atomic E-state index is -1.95. The van der Waals surface area contributed by atoms with Crippen molar-refractivity contribution in [3.8, 4) is 0 Å². The van der Waals surface area contributed by atoms with Crippen LogP contribution in [0.15, 0.2) is 34.5 Å². The van der Waals surface area contributed by atoms with Crippen molar-refractivity contribution in [2.75, 3.05) is 21.2 Å². The van der Waals surface area contributed by atoms with Gasteiger partial charge in [0.05, 0.1) is 41.2 Å². The number of cyclic esters (lactones) is 1. The Morgan fingerprint density at radius 1 is 1.07 bits per heavy atom. The zero-order valence-corrected chi connectivity index (χ0v) is 35.9. The molecule has 2 fully saturated rings. The second-order valence-corrected chi connectivity index (χ2v) is 16.8. The minimum absolute atomic E-state index is 0.138. The largest absolute Gasteiger partial charge is 0.461 e. The fourth-order valence-electron chi connectivity index (χ4n) is 8.24. The highest BCUT2D eigenvalue weighted by atomic mass is 16.7. The lowest BCUT2D eigenvalue weighted by atomic mass is 9.73. The molecule has 4 unspecified atom stereocenters. The van der Waals surface area contributed by atoms with Crippen LogP contribution in [0, 0.1) is 33.8 Å². The highest BCUT2D eigenvalue weighted by Crippen LogP contribution is 2.40. The molecule has 2 aliphatic rings. The molecule has 14 atom stereocenters. The lowest BCUT2D eigenvalue weighted by Crippen LogP contribution is -2.60. The van der Waals surface area contributed by atoms with Gasteiger partial charge in [-0.2, -0.15) is 10.2 Å². The summed E-state index contributed by atoms with van der Waals surface area (Å²) >= 11 is 0. The lowest BCUT2D eigenvalue weighted by Gasteiger charge is -2.48. The molecule has 3 rings (SSSR count). The first-order chi connectivity index (χ1) is 26.5. The third-order valence-electron chi connectivity index (χ3n) is 11.7. The van der Waals surface area contributed by atoms with Gasteiger partial charge in [-0.25, -0.2) is 0 Å². The lowest BCUT2D eigenvalue weighted by molar-refractivity contribution is -0.384. The van der Waals surface area contributed by atoms with E-state index < -0.39 is 88.5 Å². The number of nitrogens with zero attached hydrogens (tertiary/aromatic N) is 4. The summed E-state index contributed by atoms with van der Waals surface area (Å²) in [4.78, 5) is 40.6. The quantitative estimate of drug-likeness (QED) is 0.129. The Hall–Kier alpha value is -3.38. The van der Waals surface area contributed by atoms with Gasteiger partial charge in [-0.05, 0) is 86.4 Å². The van der Waals surface area contributed by atoms with Crippen LogP contribution < -0.4 is 0 Å². The van der Waals surface area contributed by atoms with E-state index in [0.717, 1.165) is 0 Å². The highest BCUT2D eigenvalue weighted by Gasteiger charge is 2.52. The summed E-state index contributed by atoms with van der Waals surface area (Å²) in [5, 5.41) is 55.5. The van der Waals surface area contributed by atoms with E-state index >= 15 is 0 Å². The molecule has 0 spiro atoms. The van der Waals surface area contributed by atoms with Crippen LogP contribution in [0.25, 0.3) is 0 Å². The summed E-state index contributed by atoms with van der Waals surface area (Å²) in [6, 6.07) is 5.17. The van der Waals surface area contributed by atoms with E-state index in [1.165, 1.54) is 38.3 Å². The van der Waals surface area contributed by atoms with E-state index in [1.54, 1.807) is 41.5 Å². The maximum Gasteiger partial charge on any atom is 0.312 e. The Kier molecular flexibility index (Phi) is 16.9. The van der Waals surface area contributed by atoms with Gasteiger partial charge in [-0.1, -0.05) is 39.8 Å². The third-order valence-corrected chi connectivity index (χ3v) is 11.7. The number of non-ortho nitro benzene ring substituents is 1. The van der Waals surface area contributed by atoms with Gasteiger partial charge in [0, 0.05) is 48.5 Å². The Bertz CT molecular complexity index is 1580. The number of hydrogen-bond donors (Lipinski definition) is 3. The van der Waals surface area contributed by atoms with E-state index in [0.29, 0.717) is 23.4 Å². The number of aliphatic hydroxyl groups excluding tert-OH is 2. The molecule has 0 bridgehead atoms. The molecule has 16 nitrogen and oxygen atoms in total. The summed E-state index contributed by atoms with van der Waals surface area (Å²) in [6.45, 7) is 17.3. The predicted molar refractivity (Wildman–Crippen MR) is 214 cm³/mol. The number of benzene rings is 1. The van der Waals surface area contributed by atoms with Crippen molar-refractivity contribution in [3.63, 3.8) is 0 Å². The number of carbonyl (C=O) groups excluding carboxylic acids is 2. The molecule has 322 valence electrons. The number of rotatable bonds is 10. The first-order valence-corrected chi connectivity index (χ1v) is 19.8. The van der Waals surface area contributed by atoms with E-state index in [9.17, 15) is 35.0 Å². The summed E-state index contributed by atoms with van der Waals surface area (Å²) < 4.78 is 31.6. The number of ether oxygens (including phenoxy) is 5. The Morgan fingerprint density at radius 2 is 1.68 bits per heavy atom. The van der Waals surface area contributed by atoms with Crippen LogP contribution in [0.1, 0.15) is 94.1 Å². The fraction of sp³-hybridized carbons (Fsp3) is 0.756. The SMILES string of the molecule is CC[C@H]1OC(=O)[C@H](C)[C@@H](OC(=O)Cc2ccc([N+](=O)[O-])cc2)[C@H](C)[C@@H](OC2OC(C)CC(N(C)C)C2O)[C@](C)(OC)C[C@@H](C)/C(=N\N=C(C)C)[C@H](C)[C@@H](O)[C@]1(C)O. The molecular weight excluding hydrogens is 740 g/mol. The Labute approximate surface area is 337 Å². The number of carbonyl (C=O) groups is 2. The molecule has 3 N–H and O–H groups in total. The number of aliphatic hydroxyl groups is 3. The summed E-state index contributed by atoms with van der Waals surface area (Å²) in [7, 11) is 5.23. The van der Waals surface area contributed by atoms with Crippen LogP contribution in [0.2, 0.25) is 0 Å². The van der Waals surface area contributed by atoms with Gasteiger partial charge in [0.2, 0.25) is 0 Å². The zero-order valence-electron chi connectivity index (χ0n) is 35.9. The summed E-state index contributed by atoms with van der Waals surface area (Å²) in [5.41, 5.74) is -1.80. The molecule has 57 heavy (non-hydrogen) atoms. The molecule has 2 saturated heterocycles. The number of likely N-dealkylation sites (N-methyl/N-ethyl adjacent to an activating group) is 1. The number of esters is 2. The van der Waals surface area contributed by atoms with Crippen molar-refractivity contribution in [1.29, 1.82) is 0 Å². The van der Waals surface area contributed by atoms with Crippen LogP contribution in [0.4, 0.5) is 5.69 Å². The second-order valence-electron chi connectivity index (χ2n) is 16.8. The normalized spacial score (nSPS) is 37.9. The van der Waals surface area contributed by atoms with Crippen molar-refractivity contribution in [3.05, 3.63) is 39.9 Å². The Morgan fingerprint density at radius 3 is 2.21 bits per heavy atom. The fourth-order valence-corrected chi connectivity index (χ4v) is 8.24. The average molecular weight is 807 g/mol. The van der Waals surface area contributed by atoms with Crippen LogP contribution >= 0.6 is 0 Å². The molecule has 1 aromatic rings. The van der Waals surface area contributed by atoms with Gasteiger partial charge < -0.3 is 43.9 Å². The third kappa shape index (κ3) is 11.6. The average Bonchev–Trinajstić information content (AvgIpc) is 3.14. The zero-order chi connectivity index (χ0) is 43.2. The number of nitro benzene ring substituents is 1. The first-order valence-electron chi connectivity index (χ1n) is 19.8. The number of hydrogen-bond acceptors (Lipinski definition) is 15. The molecule has 0 aliphatic carbocycles. The topological polar surface area (TPSA) is 212 Å². The maximum atomic E-state index is 14.2. The minimum Gasteiger partial charge on any atom is -0.461 e. The standard InChI is InChI=1S/C41H66N4O12/c1-14-31-41(10,50)36(48)25(6)33(43-42-22(2)3)23(4)21-40(9,53-13)37(57-39-34(47)30(44(11)12)19-24(5)54-39)26(7)35(27(8)38(49)55-31)56-32(46)20-28-15-17-29(18-16-28)45(51)52/h15-18,23-27,30-31,34-37,39,47-48,50H,14,19-21H2,1-13H3/b43-33+/t23-,24?,25+,26+,27-,30?,31-,34?,35+,36-,37-,39?,40-,41-/m1/s1. The van der Waals surface area contributed by atoms with E-state index in [2.05, 4.69) is 10.2 Å². The molecule has 2 aliphatic heterocycles. The smallest absolute Gasteiger partial charge is 0.312 e. The van der Waals surface area contributed by atoms with Crippen molar-refractivity contribution in [2.45, 2.75) is 155 Å². The van der Waals surface area contributed by atoms with E-state index in [4.69, 9.17) is 23.7 Å². The number of nitro groups is 1. The van der Waals surface area contributed by atoms with Crippen molar-refractivity contribution in [2.24, 2.45) is 33.9 Å². The highest BCUT2D eigenvalue weighted by molar-refractivity contribution is 5.90. The molecule has 0 amide bonds. The molecular formula is C41H66N4O12. The van der Waals surface area contributed by atoms with Gasteiger partial charge in [-0.3, -0.25) is 19.7 Å². The van der Waals surface area contributed by atoms with Crippen molar-refractivity contribution >= 4 is 29.0 Å². The van der Waals surface area contributed by atoms with Gasteiger partial charge in [-0.15, -0.1) is 0 Å². The molecule has 2 heterocycles. The Balaban J connectivity index is 2.26. The van der Waals surface area contributed by atoms with Crippen molar-refractivity contribution in [1.82, 2.24) is 4.90 Å². The molecule has 0 aromatic heterocycles. The maximum absolute atomic E-state index is 14.2. The van der Waals surface area contributed by atoms with Crippen molar-refractivity contribution < 1.29 is 53.5 Å². The molecule has 0 saturated carbocycles. The second kappa shape index (κ2) is 20.1. The van der Waals surface area contributed by atoms with Crippen LogP contribution in [-0.2, 0) is 39.7 Å². The predicted octanol–water partition coefficient (Wildman–Crippen LogP) is 4.48. The van der Waals surface area contributed by atoms with Crippen LogP contribution in [0.5, 0.6) is 0 Å². The molecule has 16 heteroatoms. The summed E-state index contributed by atoms with van der Waals surface area (Å²) in [6.07, 6.45) is -6.86. The van der Waals surface area contributed by atoms with E-state index in [1.807, 2.05) is 39.8 Å². The summed E-state index contributed by atoms with van der Waals surface area (Å²) in [5.74, 6) is -4.78. The van der Waals surface area contributed by atoms with Crippen LogP contribution in [0.3, 0.4) is 0 Å². The van der Waals surface area contributed by atoms with Gasteiger partial charge in [0.1, 0.15) is 23.9 Å². The van der Waals surface area contributed by atoms with Gasteiger partial charge >= 0.3 is 11.9 Å². The molecule has 0 radical (unpaired) electrons. The van der Waals surface area contributed by atoms with Gasteiger partial charge in [0.25, 0.3) is 5.69 Å². The molecule has 1 aromatic carbocycles.